The number of unbranched alkanes of at least 4 members (excludes halogenated alkanes) is 4. The summed E-state index contributed by atoms with van der Waals surface area (Å²) in [4.78, 5) is 14.2. The fraction of sp³-hybridized carbons (Fsp3) is 0.632. The summed E-state index contributed by atoms with van der Waals surface area (Å²) in [6.07, 6.45) is 6.63. The minimum atomic E-state index is 0.0704. The van der Waals surface area contributed by atoms with Crippen LogP contribution in [0.4, 0.5) is 0 Å². The first kappa shape index (κ1) is 21.6. The van der Waals surface area contributed by atoms with Crippen molar-refractivity contribution < 1.29 is 15.2 Å². The number of nitrogens with one attached hydrogen (secondary N) is 1. The van der Waals surface area contributed by atoms with Crippen LogP contribution in [0.1, 0.15) is 61.4 Å². The van der Waals surface area contributed by atoms with Crippen molar-refractivity contribution in [2.75, 3.05) is 26.7 Å². The molecule has 1 aromatic rings. The summed E-state index contributed by atoms with van der Waals surface area (Å²) >= 11 is 0. The summed E-state index contributed by atoms with van der Waals surface area (Å²) in [5.74, 6) is 0.0704. The average molecular weight is 351 g/mol. The normalized spacial score (nSPS) is 11.1. The minimum Gasteiger partial charge on any atom is -0.342 e. The van der Waals surface area contributed by atoms with Gasteiger partial charge >= 0.3 is 0 Å². The number of hydrogen-bond donors (Lipinski definition) is 3. The first-order valence-electron chi connectivity index (χ1n) is 9.25. The van der Waals surface area contributed by atoms with Crippen molar-refractivity contribution in [3.8, 4) is 0 Å². The van der Waals surface area contributed by atoms with Crippen molar-refractivity contribution in [1.82, 2.24) is 15.4 Å². The van der Waals surface area contributed by atoms with E-state index in [-0.39, 0.29) is 17.7 Å². The van der Waals surface area contributed by atoms with E-state index in [2.05, 4.69) is 12.2 Å². The molecule has 0 radical (unpaired) electrons. The van der Waals surface area contributed by atoms with Crippen molar-refractivity contribution in [2.45, 2.75) is 52.0 Å². The summed E-state index contributed by atoms with van der Waals surface area (Å²) in [6, 6.07) is 7.66. The Morgan fingerprint density at radius 1 is 1.00 bits per heavy atom. The zero-order chi connectivity index (χ0) is 18.5. The van der Waals surface area contributed by atoms with E-state index < -0.39 is 0 Å². The molecular formula is C19H33N3O3. The number of nitrogens with zero attached hydrogens (tertiary/aromatic N) is 2. The molecule has 0 aliphatic carbocycles. The second-order valence-electron chi connectivity index (χ2n) is 6.46. The summed E-state index contributed by atoms with van der Waals surface area (Å²) in [6.45, 7) is 4.61. The van der Waals surface area contributed by atoms with Crippen LogP contribution in [0.2, 0.25) is 0 Å². The van der Waals surface area contributed by atoms with Gasteiger partial charge in [-0.1, -0.05) is 50.0 Å². The van der Waals surface area contributed by atoms with Gasteiger partial charge in [-0.15, -0.1) is 0 Å². The topological polar surface area (TPSA) is 76.0 Å². The number of hydrogen-bond acceptors (Lipinski definition) is 5. The Morgan fingerprint density at radius 2 is 1.68 bits per heavy atom. The fourth-order valence-electron chi connectivity index (χ4n) is 2.62. The summed E-state index contributed by atoms with van der Waals surface area (Å²) in [7, 11) is 1.86. The molecule has 0 aliphatic heterocycles. The van der Waals surface area contributed by atoms with Gasteiger partial charge in [-0.25, -0.2) is 0 Å². The minimum absolute atomic E-state index is 0.0704. The highest BCUT2D eigenvalue weighted by Gasteiger charge is 2.10. The van der Waals surface area contributed by atoms with Gasteiger partial charge in [-0.05, 0) is 37.1 Å². The number of carbonyl (C=O) groups excluding carboxylic acids is 1. The molecule has 0 aromatic heterocycles. The second-order valence-corrected chi connectivity index (χ2v) is 6.46. The van der Waals surface area contributed by atoms with Crippen molar-refractivity contribution in [3.63, 3.8) is 0 Å². The summed E-state index contributed by atoms with van der Waals surface area (Å²) in [5, 5.41) is 20.7. The Balaban J connectivity index is 2.30. The zero-order valence-electron chi connectivity index (χ0n) is 15.6. The molecule has 0 aliphatic rings. The third-order valence-electron chi connectivity index (χ3n) is 4.19. The Hall–Kier alpha value is -1.47. The lowest BCUT2D eigenvalue weighted by molar-refractivity contribution is -0.306. The van der Waals surface area contributed by atoms with Crippen LogP contribution in [0.25, 0.3) is 0 Å². The van der Waals surface area contributed by atoms with Crippen LogP contribution >= 0.6 is 0 Å². The molecule has 25 heavy (non-hydrogen) atoms. The molecule has 0 heterocycles. The summed E-state index contributed by atoms with van der Waals surface area (Å²) in [5.41, 5.74) is 1.82. The predicted molar refractivity (Wildman–Crippen MR) is 98.8 cm³/mol. The molecule has 0 bridgehead atoms. The van der Waals surface area contributed by atoms with E-state index in [1.165, 1.54) is 25.7 Å². The van der Waals surface area contributed by atoms with Gasteiger partial charge in [0.15, 0.2) is 0 Å². The first-order chi connectivity index (χ1) is 12.0. The average Bonchev–Trinajstić information content (AvgIpc) is 2.60. The van der Waals surface area contributed by atoms with Crippen molar-refractivity contribution in [1.29, 1.82) is 0 Å². The van der Waals surface area contributed by atoms with Gasteiger partial charge in [0, 0.05) is 25.7 Å². The summed E-state index contributed by atoms with van der Waals surface area (Å²) < 4.78 is 0. The van der Waals surface area contributed by atoms with Gasteiger partial charge < -0.3 is 10.2 Å². The lowest BCUT2D eigenvalue weighted by atomic mass is 10.1. The van der Waals surface area contributed by atoms with E-state index in [4.69, 9.17) is 10.4 Å². The maximum absolute atomic E-state index is 12.4. The van der Waals surface area contributed by atoms with E-state index in [0.29, 0.717) is 19.5 Å². The van der Waals surface area contributed by atoms with Gasteiger partial charge in [0.2, 0.25) is 0 Å². The molecule has 0 unspecified atom stereocenters. The zero-order valence-corrected chi connectivity index (χ0v) is 15.6. The second kappa shape index (κ2) is 12.8. The van der Waals surface area contributed by atoms with E-state index in [0.717, 1.165) is 24.1 Å². The Bertz CT molecular complexity index is 477. The van der Waals surface area contributed by atoms with E-state index in [1.807, 2.05) is 31.3 Å². The van der Waals surface area contributed by atoms with E-state index in [9.17, 15) is 4.79 Å². The molecule has 0 saturated carbocycles. The predicted octanol–water partition coefficient (Wildman–Crippen LogP) is 3.29. The molecule has 142 valence electrons. The van der Waals surface area contributed by atoms with Crippen LogP contribution < -0.4 is 5.32 Å². The smallest absolute Gasteiger partial charge is 0.253 e. The molecular weight excluding hydrogens is 318 g/mol. The van der Waals surface area contributed by atoms with Gasteiger partial charge in [0.25, 0.3) is 5.91 Å². The molecule has 0 saturated heterocycles. The highest BCUT2D eigenvalue weighted by molar-refractivity contribution is 5.94. The van der Waals surface area contributed by atoms with Gasteiger partial charge in [0.05, 0.1) is 6.54 Å². The van der Waals surface area contributed by atoms with Crippen LogP contribution in [-0.2, 0) is 6.54 Å². The number of hydroxylamine groups is 2. The van der Waals surface area contributed by atoms with Crippen LogP contribution in [0.5, 0.6) is 0 Å². The van der Waals surface area contributed by atoms with Crippen LogP contribution in [0, 0.1) is 0 Å². The number of carbonyl (C=O) groups is 1. The molecule has 0 fully saturated rings. The first-order valence-corrected chi connectivity index (χ1v) is 9.25. The molecule has 1 rings (SSSR count). The maximum atomic E-state index is 12.4. The molecule has 6 heteroatoms. The van der Waals surface area contributed by atoms with Crippen LogP contribution in [0.3, 0.4) is 0 Å². The fourth-order valence-corrected chi connectivity index (χ4v) is 2.62. The van der Waals surface area contributed by atoms with Crippen molar-refractivity contribution in [3.05, 3.63) is 35.4 Å². The molecule has 1 amide bonds. The van der Waals surface area contributed by atoms with Crippen molar-refractivity contribution >= 4 is 5.91 Å². The third kappa shape index (κ3) is 9.55. The third-order valence-corrected chi connectivity index (χ3v) is 4.19. The van der Waals surface area contributed by atoms with Crippen molar-refractivity contribution in [2.24, 2.45) is 0 Å². The molecule has 6 nitrogen and oxygen atoms in total. The number of amides is 1. The Labute approximate surface area is 151 Å². The largest absolute Gasteiger partial charge is 0.342 e. The van der Waals surface area contributed by atoms with Gasteiger partial charge in [0.1, 0.15) is 0 Å². The van der Waals surface area contributed by atoms with E-state index in [1.54, 1.807) is 4.90 Å². The standard InChI is InChI=1S/C19H33N3O3/c1-3-4-5-6-7-14-21(2)19(23)18-11-9-17(10-12-18)16-20-13-8-15-22(24)25/h9-12,20,24-25H,3-8,13-16H2,1-2H3. The van der Waals surface area contributed by atoms with Crippen LogP contribution in [0.15, 0.2) is 24.3 Å². The number of rotatable bonds is 13. The molecule has 1 aromatic carbocycles. The molecule has 3 N–H and O–H groups in total. The van der Waals surface area contributed by atoms with Crippen LogP contribution in [-0.4, -0.2) is 53.1 Å². The SMILES string of the molecule is CCCCCCCN(C)C(=O)c1ccc(CNCCCN(O)O)cc1. The highest BCUT2D eigenvalue weighted by Crippen LogP contribution is 2.09. The maximum Gasteiger partial charge on any atom is 0.253 e. The number of benzene rings is 1. The van der Waals surface area contributed by atoms with E-state index >= 15 is 0 Å². The van der Waals surface area contributed by atoms with Gasteiger partial charge in [-0.2, -0.15) is 0 Å². The molecule has 0 spiro atoms. The lowest BCUT2D eigenvalue weighted by Gasteiger charge is -2.17. The molecule has 0 atom stereocenters. The Morgan fingerprint density at radius 3 is 2.32 bits per heavy atom. The Kier molecular flexibility index (Phi) is 11.1. The lowest BCUT2D eigenvalue weighted by Crippen LogP contribution is -2.27. The van der Waals surface area contributed by atoms with Gasteiger partial charge in [-0.3, -0.25) is 15.2 Å². The highest BCUT2D eigenvalue weighted by atomic mass is 16.8. The quantitative estimate of drug-likeness (QED) is 0.375. The monoisotopic (exact) mass is 351 g/mol.